The number of sulfonamides is 1. The molecule has 1 fully saturated rings. The summed E-state index contributed by atoms with van der Waals surface area (Å²) in [4.78, 5) is 24.7. The number of aromatic nitrogens is 1. The molecule has 0 saturated carbocycles. The first-order valence-corrected chi connectivity index (χ1v) is 12.3. The second-order valence-corrected chi connectivity index (χ2v) is 10.3. The number of nitrogens with one attached hydrogen (secondary N) is 1. The van der Waals surface area contributed by atoms with Gasteiger partial charge in [-0.25, -0.2) is 13.2 Å². The minimum atomic E-state index is -3.91. The van der Waals surface area contributed by atoms with Crippen molar-refractivity contribution in [3.63, 3.8) is 0 Å². The van der Waals surface area contributed by atoms with E-state index in [2.05, 4.69) is 5.32 Å². The number of piperidine rings is 1. The summed E-state index contributed by atoms with van der Waals surface area (Å²) >= 11 is 6.18. The van der Waals surface area contributed by atoms with Gasteiger partial charge in [0.15, 0.2) is 5.58 Å². The molecule has 2 aromatic carbocycles. The van der Waals surface area contributed by atoms with E-state index in [4.69, 9.17) is 25.5 Å². The molecule has 4 rings (SSSR count). The molecule has 3 aromatic rings. The number of benzene rings is 2. The highest BCUT2D eigenvalue weighted by molar-refractivity contribution is 7.89. The Morgan fingerprint density at radius 2 is 1.91 bits per heavy atom. The number of carbonyl (C=O) groups excluding carboxylic acids is 1. The maximum absolute atomic E-state index is 13.3. The Labute approximate surface area is 201 Å². The lowest BCUT2D eigenvalue weighted by molar-refractivity contribution is -0.120. The fraction of sp³-hybridized carbons (Fsp3) is 0.364. The number of carbonyl (C=O) groups is 1. The third-order valence-electron chi connectivity index (χ3n) is 5.89. The predicted octanol–water partition coefficient (Wildman–Crippen LogP) is 2.84. The molecule has 1 aliphatic rings. The molecule has 34 heavy (non-hydrogen) atoms. The van der Waals surface area contributed by atoms with Gasteiger partial charge >= 0.3 is 5.76 Å². The molecule has 0 radical (unpaired) electrons. The summed E-state index contributed by atoms with van der Waals surface area (Å²) in [5.74, 6) is -0.727. The molecule has 1 saturated heterocycles. The first kappa shape index (κ1) is 24.1. The molecule has 1 amide bonds. The maximum atomic E-state index is 13.3. The van der Waals surface area contributed by atoms with Crippen molar-refractivity contribution in [2.75, 3.05) is 32.6 Å². The monoisotopic (exact) mass is 509 g/mol. The van der Waals surface area contributed by atoms with Crippen molar-refractivity contribution in [1.82, 2.24) is 8.87 Å². The molecule has 0 spiro atoms. The lowest BCUT2D eigenvalue weighted by Crippen LogP contribution is -2.43. The van der Waals surface area contributed by atoms with Crippen molar-refractivity contribution in [3.05, 3.63) is 45.9 Å². The van der Waals surface area contributed by atoms with Crippen LogP contribution >= 0.6 is 11.6 Å². The lowest BCUT2D eigenvalue weighted by Gasteiger charge is -2.31. The number of methoxy groups -OCH3 is 2. The van der Waals surface area contributed by atoms with Crippen LogP contribution in [0.4, 0.5) is 5.69 Å². The number of hydrogen-bond acceptors (Lipinski definition) is 7. The standard InChI is InChI=1S/C22H24ClN3O7S/c1-25-17-7-6-14(9-20(17)33-22(25)28)34(29,30)26-8-4-5-13(12-26)21(27)24-16-10-15(23)18(31-2)11-19(16)32-3/h6-7,9-11,13H,4-5,8,12H2,1-3H3,(H,24,27). The number of fused-ring (bicyclic) bond motifs is 1. The van der Waals surface area contributed by atoms with Crippen molar-refractivity contribution in [1.29, 1.82) is 0 Å². The van der Waals surface area contributed by atoms with Gasteiger partial charge in [0.05, 0.1) is 41.3 Å². The molecule has 0 bridgehead atoms. The molecular weight excluding hydrogens is 486 g/mol. The van der Waals surface area contributed by atoms with Gasteiger partial charge in [0.25, 0.3) is 0 Å². The topological polar surface area (TPSA) is 120 Å². The zero-order valence-corrected chi connectivity index (χ0v) is 20.4. The van der Waals surface area contributed by atoms with Crippen LogP contribution in [0.1, 0.15) is 12.8 Å². The zero-order valence-electron chi connectivity index (χ0n) is 18.8. The predicted molar refractivity (Wildman–Crippen MR) is 126 cm³/mol. The third kappa shape index (κ3) is 4.38. The van der Waals surface area contributed by atoms with Gasteiger partial charge in [-0.2, -0.15) is 4.31 Å². The van der Waals surface area contributed by atoms with Crippen molar-refractivity contribution in [2.24, 2.45) is 13.0 Å². The van der Waals surface area contributed by atoms with E-state index in [-0.39, 0.29) is 29.5 Å². The average molecular weight is 510 g/mol. The summed E-state index contributed by atoms with van der Waals surface area (Å²) < 4.78 is 44.7. The number of nitrogens with zero attached hydrogens (tertiary/aromatic N) is 2. The summed E-state index contributed by atoms with van der Waals surface area (Å²) in [6.07, 6.45) is 1.04. The number of hydrogen-bond donors (Lipinski definition) is 1. The Balaban J connectivity index is 1.54. The quantitative estimate of drug-likeness (QED) is 0.542. The number of halogens is 1. The van der Waals surface area contributed by atoms with E-state index in [1.807, 2.05) is 0 Å². The molecule has 1 atom stereocenters. The van der Waals surface area contributed by atoms with Crippen molar-refractivity contribution in [2.45, 2.75) is 17.7 Å². The molecule has 1 aliphatic heterocycles. The van der Waals surface area contributed by atoms with Crippen molar-refractivity contribution >= 4 is 44.3 Å². The number of rotatable bonds is 6. The van der Waals surface area contributed by atoms with E-state index in [1.165, 1.54) is 47.4 Å². The average Bonchev–Trinajstić information content (AvgIpc) is 3.12. The van der Waals surface area contributed by atoms with Crippen LogP contribution in [0.25, 0.3) is 11.1 Å². The number of aryl methyl sites for hydroxylation is 1. The zero-order chi connectivity index (χ0) is 24.6. The highest BCUT2D eigenvalue weighted by Crippen LogP contribution is 2.36. The number of anilines is 1. The second-order valence-electron chi connectivity index (χ2n) is 7.94. The Kier molecular flexibility index (Phi) is 6.61. The largest absolute Gasteiger partial charge is 0.495 e. The highest BCUT2D eigenvalue weighted by atomic mass is 35.5. The van der Waals surface area contributed by atoms with Crippen LogP contribution in [0.15, 0.2) is 44.4 Å². The first-order chi connectivity index (χ1) is 16.1. The minimum absolute atomic E-state index is 0.000913. The molecule has 1 aromatic heterocycles. The summed E-state index contributed by atoms with van der Waals surface area (Å²) in [5, 5.41) is 3.09. The van der Waals surface area contributed by atoms with Crippen LogP contribution in [-0.2, 0) is 21.9 Å². The Bertz CT molecular complexity index is 1410. The smallest absolute Gasteiger partial charge is 0.419 e. The molecule has 1 N–H and O–H groups in total. The van der Waals surface area contributed by atoms with Gasteiger partial charge in [-0.15, -0.1) is 0 Å². The van der Waals surface area contributed by atoms with Gasteiger partial charge in [-0.05, 0) is 31.0 Å². The van der Waals surface area contributed by atoms with Crippen LogP contribution in [0.5, 0.6) is 11.5 Å². The molecule has 2 heterocycles. The third-order valence-corrected chi connectivity index (χ3v) is 8.04. The lowest BCUT2D eigenvalue weighted by atomic mass is 9.98. The van der Waals surface area contributed by atoms with Gasteiger partial charge in [-0.1, -0.05) is 11.6 Å². The number of oxazole rings is 1. The maximum Gasteiger partial charge on any atom is 0.419 e. The van der Waals surface area contributed by atoms with E-state index >= 15 is 0 Å². The van der Waals surface area contributed by atoms with Gasteiger partial charge in [-0.3, -0.25) is 9.36 Å². The summed E-state index contributed by atoms with van der Waals surface area (Å²) in [5.41, 5.74) is 1.04. The van der Waals surface area contributed by atoms with Gasteiger partial charge in [0.2, 0.25) is 15.9 Å². The first-order valence-electron chi connectivity index (χ1n) is 10.5. The molecule has 182 valence electrons. The SMILES string of the molecule is COc1cc(OC)c(NC(=O)C2CCCN(S(=O)(=O)c3ccc4c(c3)oc(=O)n4C)C2)cc1Cl. The van der Waals surface area contributed by atoms with E-state index in [0.29, 0.717) is 40.6 Å². The van der Waals surface area contributed by atoms with Gasteiger partial charge < -0.3 is 19.2 Å². The van der Waals surface area contributed by atoms with E-state index in [0.717, 1.165) is 0 Å². The second kappa shape index (κ2) is 9.32. The minimum Gasteiger partial charge on any atom is -0.495 e. The molecular formula is C22H24ClN3O7S. The fourth-order valence-corrected chi connectivity index (χ4v) is 5.77. The Morgan fingerprint density at radius 3 is 2.62 bits per heavy atom. The summed E-state index contributed by atoms with van der Waals surface area (Å²) in [7, 11) is 0.566. The van der Waals surface area contributed by atoms with Crippen molar-refractivity contribution < 1.29 is 27.1 Å². The summed E-state index contributed by atoms with van der Waals surface area (Å²) in [6.45, 7) is 0.289. The van der Waals surface area contributed by atoms with Crippen LogP contribution in [-0.4, -0.2) is 50.5 Å². The molecule has 12 heteroatoms. The molecule has 1 unspecified atom stereocenters. The normalized spacial score (nSPS) is 17.0. The number of amides is 1. The molecule has 10 nitrogen and oxygen atoms in total. The molecule has 0 aliphatic carbocycles. The highest BCUT2D eigenvalue weighted by Gasteiger charge is 2.34. The Morgan fingerprint density at radius 1 is 1.18 bits per heavy atom. The van der Waals surface area contributed by atoms with E-state index < -0.39 is 21.7 Å². The fourth-order valence-electron chi connectivity index (χ4n) is 3.99. The van der Waals surface area contributed by atoms with E-state index in [1.54, 1.807) is 13.1 Å². The number of ether oxygens (including phenoxy) is 2. The van der Waals surface area contributed by atoms with Crippen LogP contribution < -0.4 is 20.5 Å². The van der Waals surface area contributed by atoms with Gasteiger partial charge in [0.1, 0.15) is 11.5 Å². The van der Waals surface area contributed by atoms with Crippen LogP contribution in [0.3, 0.4) is 0 Å². The van der Waals surface area contributed by atoms with Crippen molar-refractivity contribution in [3.8, 4) is 11.5 Å². The summed E-state index contributed by atoms with van der Waals surface area (Å²) in [6, 6.07) is 7.38. The van der Waals surface area contributed by atoms with Crippen LogP contribution in [0, 0.1) is 5.92 Å². The van der Waals surface area contributed by atoms with E-state index in [9.17, 15) is 18.0 Å². The van der Waals surface area contributed by atoms with Crippen LogP contribution in [0.2, 0.25) is 5.02 Å². The Hall–Kier alpha value is -3.02. The van der Waals surface area contributed by atoms with Gasteiger partial charge in [0, 0.05) is 32.3 Å².